The first kappa shape index (κ1) is 10.5. The molecule has 0 saturated heterocycles. The molecule has 4 heteroatoms. The number of pyridine rings is 1. The molecule has 2 aromatic heterocycles. The van der Waals surface area contributed by atoms with Gasteiger partial charge in [0.05, 0.1) is 11.7 Å². The SMILES string of the molecule is O=C(O)c1cnn2ccc(-c3ccccc3)cc12. The smallest absolute Gasteiger partial charge is 0.339 e. The number of aromatic carboxylic acids is 1. The molecular weight excluding hydrogens is 228 g/mol. The zero-order valence-electron chi connectivity index (χ0n) is 9.45. The summed E-state index contributed by atoms with van der Waals surface area (Å²) in [6.07, 6.45) is 3.14. The second-order valence-electron chi connectivity index (χ2n) is 3.97. The van der Waals surface area contributed by atoms with E-state index in [1.54, 1.807) is 10.7 Å². The standard InChI is InChI=1S/C14H10N2O2/c17-14(18)12-9-15-16-7-6-11(8-13(12)16)10-4-2-1-3-5-10/h1-9H,(H,17,18). The topological polar surface area (TPSA) is 54.6 Å². The van der Waals surface area contributed by atoms with Crippen molar-refractivity contribution in [3.8, 4) is 11.1 Å². The van der Waals surface area contributed by atoms with E-state index in [1.165, 1.54) is 6.20 Å². The van der Waals surface area contributed by atoms with Crippen LogP contribution in [0.2, 0.25) is 0 Å². The highest BCUT2D eigenvalue weighted by molar-refractivity contribution is 5.96. The first-order chi connectivity index (χ1) is 8.75. The van der Waals surface area contributed by atoms with Crippen molar-refractivity contribution in [1.29, 1.82) is 0 Å². The molecule has 0 fully saturated rings. The van der Waals surface area contributed by atoms with Crippen molar-refractivity contribution >= 4 is 11.5 Å². The first-order valence-electron chi connectivity index (χ1n) is 5.52. The predicted molar refractivity (Wildman–Crippen MR) is 67.6 cm³/mol. The summed E-state index contributed by atoms with van der Waals surface area (Å²) < 4.78 is 1.57. The van der Waals surface area contributed by atoms with E-state index in [0.717, 1.165) is 11.1 Å². The molecule has 18 heavy (non-hydrogen) atoms. The van der Waals surface area contributed by atoms with E-state index in [4.69, 9.17) is 5.11 Å². The van der Waals surface area contributed by atoms with Gasteiger partial charge in [-0.05, 0) is 23.3 Å². The lowest BCUT2D eigenvalue weighted by Crippen LogP contribution is -1.95. The summed E-state index contributed by atoms with van der Waals surface area (Å²) in [6, 6.07) is 13.6. The minimum Gasteiger partial charge on any atom is -0.478 e. The van der Waals surface area contributed by atoms with Gasteiger partial charge in [0.25, 0.3) is 0 Å². The Labute approximate surface area is 103 Å². The molecule has 0 amide bonds. The maximum absolute atomic E-state index is 11.1. The monoisotopic (exact) mass is 238 g/mol. The fraction of sp³-hybridized carbons (Fsp3) is 0. The maximum Gasteiger partial charge on any atom is 0.339 e. The van der Waals surface area contributed by atoms with Gasteiger partial charge in [0.2, 0.25) is 0 Å². The van der Waals surface area contributed by atoms with Gasteiger partial charge in [0.15, 0.2) is 0 Å². The Morgan fingerprint density at radius 3 is 2.61 bits per heavy atom. The molecule has 0 saturated carbocycles. The highest BCUT2D eigenvalue weighted by atomic mass is 16.4. The van der Waals surface area contributed by atoms with Gasteiger partial charge in [-0.2, -0.15) is 5.10 Å². The van der Waals surface area contributed by atoms with Gasteiger partial charge in [0.1, 0.15) is 5.56 Å². The van der Waals surface area contributed by atoms with Crippen LogP contribution in [0.25, 0.3) is 16.6 Å². The Hall–Kier alpha value is -2.62. The number of rotatable bonds is 2. The zero-order chi connectivity index (χ0) is 12.5. The van der Waals surface area contributed by atoms with Gasteiger partial charge >= 0.3 is 5.97 Å². The van der Waals surface area contributed by atoms with E-state index in [0.29, 0.717) is 5.52 Å². The summed E-state index contributed by atoms with van der Waals surface area (Å²) in [5, 5.41) is 13.1. The third-order valence-electron chi connectivity index (χ3n) is 2.86. The summed E-state index contributed by atoms with van der Waals surface area (Å²) in [6.45, 7) is 0. The number of carbonyl (C=O) groups is 1. The molecule has 3 rings (SSSR count). The van der Waals surface area contributed by atoms with Crippen LogP contribution < -0.4 is 0 Å². The molecule has 88 valence electrons. The molecule has 0 aliphatic carbocycles. The minimum atomic E-state index is -0.963. The normalized spacial score (nSPS) is 10.7. The van der Waals surface area contributed by atoms with Crippen molar-refractivity contribution in [1.82, 2.24) is 9.61 Å². The van der Waals surface area contributed by atoms with E-state index in [1.807, 2.05) is 42.5 Å². The van der Waals surface area contributed by atoms with E-state index in [2.05, 4.69) is 5.10 Å². The Morgan fingerprint density at radius 1 is 1.11 bits per heavy atom. The molecule has 0 aliphatic rings. The van der Waals surface area contributed by atoms with E-state index < -0.39 is 5.97 Å². The summed E-state index contributed by atoms with van der Waals surface area (Å²) in [4.78, 5) is 11.1. The van der Waals surface area contributed by atoms with Crippen molar-refractivity contribution in [3.63, 3.8) is 0 Å². The van der Waals surface area contributed by atoms with Crippen LogP contribution >= 0.6 is 0 Å². The van der Waals surface area contributed by atoms with Crippen LogP contribution in [0.3, 0.4) is 0 Å². The van der Waals surface area contributed by atoms with Gasteiger partial charge in [0, 0.05) is 6.20 Å². The van der Waals surface area contributed by atoms with Gasteiger partial charge in [-0.3, -0.25) is 0 Å². The maximum atomic E-state index is 11.1. The predicted octanol–water partition coefficient (Wildman–Crippen LogP) is 2.70. The van der Waals surface area contributed by atoms with Crippen LogP contribution in [0.1, 0.15) is 10.4 Å². The zero-order valence-corrected chi connectivity index (χ0v) is 9.45. The molecule has 0 aliphatic heterocycles. The third-order valence-corrected chi connectivity index (χ3v) is 2.86. The lowest BCUT2D eigenvalue weighted by Gasteiger charge is -2.02. The second-order valence-corrected chi connectivity index (χ2v) is 3.97. The lowest BCUT2D eigenvalue weighted by atomic mass is 10.1. The molecule has 0 radical (unpaired) electrons. The molecule has 4 nitrogen and oxygen atoms in total. The number of hydrogen-bond donors (Lipinski definition) is 1. The number of carboxylic acid groups (broad SMARTS) is 1. The van der Waals surface area contributed by atoms with Gasteiger partial charge in [-0.25, -0.2) is 9.31 Å². The highest BCUT2D eigenvalue weighted by Gasteiger charge is 2.11. The van der Waals surface area contributed by atoms with Crippen molar-refractivity contribution in [2.24, 2.45) is 0 Å². The average molecular weight is 238 g/mol. The van der Waals surface area contributed by atoms with Crippen LogP contribution in [0, 0.1) is 0 Å². The Kier molecular flexibility index (Phi) is 2.34. The molecule has 0 atom stereocenters. The molecule has 0 bridgehead atoms. The van der Waals surface area contributed by atoms with Crippen LogP contribution in [0.5, 0.6) is 0 Å². The fourth-order valence-corrected chi connectivity index (χ4v) is 1.96. The number of benzene rings is 1. The molecule has 3 aromatic rings. The van der Waals surface area contributed by atoms with Gasteiger partial charge in [-0.1, -0.05) is 30.3 Å². The van der Waals surface area contributed by atoms with Gasteiger partial charge in [-0.15, -0.1) is 0 Å². The van der Waals surface area contributed by atoms with Crippen LogP contribution in [-0.4, -0.2) is 20.7 Å². The van der Waals surface area contributed by atoms with E-state index in [-0.39, 0.29) is 5.56 Å². The number of carboxylic acids is 1. The quantitative estimate of drug-likeness (QED) is 0.746. The van der Waals surface area contributed by atoms with Gasteiger partial charge < -0.3 is 5.11 Å². The minimum absolute atomic E-state index is 0.216. The number of aromatic nitrogens is 2. The van der Waals surface area contributed by atoms with Crippen molar-refractivity contribution in [3.05, 3.63) is 60.4 Å². The Balaban J connectivity index is 2.21. The van der Waals surface area contributed by atoms with Crippen LogP contribution in [0.4, 0.5) is 0 Å². The summed E-state index contributed by atoms with van der Waals surface area (Å²) in [5.74, 6) is -0.963. The number of hydrogen-bond acceptors (Lipinski definition) is 2. The summed E-state index contributed by atoms with van der Waals surface area (Å²) in [7, 11) is 0. The second kappa shape index (κ2) is 4.00. The van der Waals surface area contributed by atoms with Crippen molar-refractivity contribution in [2.75, 3.05) is 0 Å². The highest BCUT2D eigenvalue weighted by Crippen LogP contribution is 2.22. The molecule has 1 N–H and O–H groups in total. The summed E-state index contributed by atoms with van der Waals surface area (Å²) in [5.41, 5.74) is 2.85. The largest absolute Gasteiger partial charge is 0.478 e. The Morgan fingerprint density at radius 2 is 1.89 bits per heavy atom. The number of fused-ring (bicyclic) bond motifs is 1. The molecular formula is C14H10N2O2. The molecule has 0 spiro atoms. The average Bonchev–Trinajstić information content (AvgIpc) is 2.82. The number of nitrogens with zero attached hydrogens (tertiary/aromatic N) is 2. The van der Waals surface area contributed by atoms with E-state index >= 15 is 0 Å². The molecule has 2 heterocycles. The lowest BCUT2D eigenvalue weighted by molar-refractivity contribution is 0.0699. The van der Waals surface area contributed by atoms with Crippen LogP contribution in [0.15, 0.2) is 54.9 Å². The van der Waals surface area contributed by atoms with E-state index in [9.17, 15) is 4.79 Å². The summed E-state index contributed by atoms with van der Waals surface area (Å²) >= 11 is 0. The molecule has 1 aromatic carbocycles. The third kappa shape index (κ3) is 1.64. The first-order valence-corrected chi connectivity index (χ1v) is 5.52. The Bertz CT molecular complexity index is 717. The van der Waals surface area contributed by atoms with Crippen molar-refractivity contribution in [2.45, 2.75) is 0 Å². The van der Waals surface area contributed by atoms with Crippen molar-refractivity contribution < 1.29 is 9.90 Å². The molecule has 0 unspecified atom stereocenters. The fourth-order valence-electron chi connectivity index (χ4n) is 1.96. The van der Waals surface area contributed by atoms with Crippen LogP contribution in [-0.2, 0) is 0 Å².